The molecule has 76 valence electrons. The van der Waals surface area contributed by atoms with E-state index in [-0.39, 0.29) is 6.92 Å². The van der Waals surface area contributed by atoms with Gasteiger partial charge in [-0.1, -0.05) is 0 Å². The first-order valence-corrected chi connectivity index (χ1v) is 2.95. The Labute approximate surface area is 69.7 Å². The number of hydrogen-bond acceptors (Lipinski definition) is 1. The maximum absolute atomic E-state index is 12.2. The molecular weight excluding hydrogens is 199 g/mol. The molecule has 0 atom stereocenters. The molecule has 0 aromatic heterocycles. The first kappa shape index (κ1) is 11.9. The van der Waals surface area contributed by atoms with Gasteiger partial charge in [-0.25, -0.2) is 4.79 Å². The quantitative estimate of drug-likeness (QED) is 0.565. The number of allylic oxidation sites excluding steroid dienone is 1. The van der Waals surface area contributed by atoms with Gasteiger partial charge in [-0.2, -0.15) is 22.0 Å². The second kappa shape index (κ2) is 3.31. The van der Waals surface area contributed by atoms with E-state index >= 15 is 0 Å². The summed E-state index contributed by atoms with van der Waals surface area (Å²) in [6.45, 7) is -0.140. The van der Waals surface area contributed by atoms with E-state index < -0.39 is 29.7 Å². The molecule has 0 spiro atoms. The molecule has 0 aliphatic rings. The van der Waals surface area contributed by atoms with Crippen LogP contribution in [0.25, 0.3) is 0 Å². The monoisotopic (exact) mass is 204 g/mol. The lowest BCUT2D eigenvalue weighted by atomic mass is 10.2. The zero-order valence-corrected chi connectivity index (χ0v) is 6.32. The molecule has 0 aromatic carbocycles. The molecule has 1 N–H and O–H groups in total. The zero-order chi connectivity index (χ0) is 10.9. The molecule has 0 heterocycles. The number of carboxylic acids is 1. The molecule has 0 aliphatic heterocycles. The van der Waals surface area contributed by atoms with E-state index in [4.69, 9.17) is 5.11 Å². The third kappa shape index (κ3) is 3.00. The standard InChI is InChI=1S/C6H5F5O2/c1-5(8,9)6(10,11)2-3(7)4(12)13/h2H,1H3,(H,12,13). The fourth-order valence-corrected chi connectivity index (χ4v) is 0.348. The summed E-state index contributed by atoms with van der Waals surface area (Å²) in [5.74, 6) is -13.9. The van der Waals surface area contributed by atoms with E-state index in [0.29, 0.717) is 0 Å². The highest BCUT2D eigenvalue weighted by atomic mass is 19.3. The Morgan fingerprint density at radius 1 is 1.31 bits per heavy atom. The SMILES string of the molecule is CC(F)(F)C(F)(F)C=C(F)C(=O)O. The first-order chi connectivity index (χ1) is 5.58. The highest BCUT2D eigenvalue weighted by Gasteiger charge is 2.51. The maximum atomic E-state index is 12.2. The lowest BCUT2D eigenvalue weighted by molar-refractivity contribution is -0.168. The summed E-state index contributed by atoms with van der Waals surface area (Å²) >= 11 is 0. The van der Waals surface area contributed by atoms with Crippen LogP contribution in [0.3, 0.4) is 0 Å². The van der Waals surface area contributed by atoms with Crippen LogP contribution in [-0.4, -0.2) is 22.9 Å². The van der Waals surface area contributed by atoms with Gasteiger partial charge in [0.25, 0.3) is 0 Å². The third-order valence-corrected chi connectivity index (χ3v) is 1.10. The summed E-state index contributed by atoms with van der Waals surface area (Å²) in [5.41, 5.74) is 0. The van der Waals surface area contributed by atoms with Gasteiger partial charge in [0.15, 0.2) is 0 Å². The van der Waals surface area contributed by atoms with Gasteiger partial charge in [0, 0.05) is 13.0 Å². The zero-order valence-electron chi connectivity index (χ0n) is 6.32. The van der Waals surface area contributed by atoms with Gasteiger partial charge in [0.2, 0.25) is 5.83 Å². The van der Waals surface area contributed by atoms with Crippen LogP contribution in [-0.2, 0) is 4.79 Å². The normalized spacial score (nSPS) is 14.5. The van der Waals surface area contributed by atoms with Crippen LogP contribution in [0.15, 0.2) is 11.9 Å². The Bertz CT molecular complexity index is 240. The van der Waals surface area contributed by atoms with Crippen molar-refractivity contribution in [2.75, 3.05) is 0 Å². The van der Waals surface area contributed by atoms with Crippen molar-refractivity contribution < 1.29 is 31.9 Å². The lowest BCUT2D eigenvalue weighted by Gasteiger charge is -2.18. The Morgan fingerprint density at radius 3 is 1.92 bits per heavy atom. The van der Waals surface area contributed by atoms with E-state index in [1.54, 1.807) is 0 Å². The van der Waals surface area contributed by atoms with Gasteiger partial charge in [-0.15, -0.1) is 0 Å². The van der Waals surface area contributed by atoms with Crippen molar-refractivity contribution in [3.8, 4) is 0 Å². The van der Waals surface area contributed by atoms with Crippen LogP contribution in [0.5, 0.6) is 0 Å². The number of rotatable bonds is 3. The van der Waals surface area contributed by atoms with Crippen LogP contribution in [0.2, 0.25) is 0 Å². The average molecular weight is 204 g/mol. The number of aliphatic carboxylic acids is 1. The summed E-state index contributed by atoms with van der Waals surface area (Å²) in [4.78, 5) is 9.68. The largest absolute Gasteiger partial charge is 0.476 e. The fraction of sp³-hybridized carbons (Fsp3) is 0.500. The Morgan fingerprint density at radius 2 is 1.69 bits per heavy atom. The van der Waals surface area contributed by atoms with Gasteiger partial charge in [0.05, 0.1) is 0 Å². The molecule has 7 heteroatoms. The van der Waals surface area contributed by atoms with Crippen molar-refractivity contribution in [1.82, 2.24) is 0 Å². The highest BCUT2D eigenvalue weighted by Crippen LogP contribution is 2.35. The first-order valence-electron chi connectivity index (χ1n) is 2.95. The Balaban J connectivity index is 4.89. The van der Waals surface area contributed by atoms with Crippen LogP contribution in [0, 0.1) is 0 Å². The molecule has 0 amide bonds. The van der Waals surface area contributed by atoms with Gasteiger partial charge in [-0.05, 0) is 0 Å². The van der Waals surface area contributed by atoms with Crippen molar-refractivity contribution in [1.29, 1.82) is 0 Å². The summed E-state index contributed by atoms with van der Waals surface area (Å²) in [7, 11) is 0. The summed E-state index contributed by atoms with van der Waals surface area (Å²) in [5, 5.41) is 7.79. The van der Waals surface area contributed by atoms with Crippen molar-refractivity contribution in [3.63, 3.8) is 0 Å². The van der Waals surface area contributed by atoms with Gasteiger partial charge in [-0.3, -0.25) is 0 Å². The third-order valence-electron chi connectivity index (χ3n) is 1.10. The molecule has 0 aromatic rings. The van der Waals surface area contributed by atoms with Crippen LogP contribution in [0.4, 0.5) is 22.0 Å². The molecule has 0 aliphatic carbocycles. The molecule has 0 radical (unpaired) electrons. The molecule has 0 unspecified atom stereocenters. The number of hydrogen-bond donors (Lipinski definition) is 1. The Hall–Kier alpha value is -1.14. The number of carbonyl (C=O) groups is 1. The molecule has 13 heavy (non-hydrogen) atoms. The van der Waals surface area contributed by atoms with Crippen LogP contribution < -0.4 is 0 Å². The summed E-state index contributed by atoms with van der Waals surface area (Å²) < 4.78 is 60.4. The molecular formula is C6H5F5O2. The minimum absolute atomic E-state index is 0.140. The molecule has 0 saturated heterocycles. The number of alkyl halides is 4. The highest BCUT2D eigenvalue weighted by molar-refractivity contribution is 5.84. The predicted octanol–water partition coefficient (Wildman–Crippen LogP) is 2.21. The minimum atomic E-state index is -4.81. The van der Waals surface area contributed by atoms with Crippen molar-refractivity contribution in [2.24, 2.45) is 0 Å². The number of carboxylic acid groups (broad SMARTS) is 1. The van der Waals surface area contributed by atoms with Gasteiger partial charge >= 0.3 is 17.8 Å². The van der Waals surface area contributed by atoms with E-state index in [9.17, 15) is 26.7 Å². The summed E-state index contributed by atoms with van der Waals surface area (Å²) in [6.07, 6.45) is -0.921. The molecule has 2 nitrogen and oxygen atoms in total. The van der Waals surface area contributed by atoms with E-state index in [1.807, 2.05) is 0 Å². The van der Waals surface area contributed by atoms with Crippen LogP contribution in [0.1, 0.15) is 6.92 Å². The minimum Gasteiger partial charge on any atom is -0.476 e. The van der Waals surface area contributed by atoms with Crippen molar-refractivity contribution in [3.05, 3.63) is 11.9 Å². The molecule has 0 rings (SSSR count). The van der Waals surface area contributed by atoms with Crippen molar-refractivity contribution in [2.45, 2.75) is 18.8 Å². The van der Waals surface area contributed by atoms with Crippen molar-refractivity contribution >= 4 is 5.97 Å². The topological polar surface area (TPSA) is 37.3 Å². The van der Waals surface area contributed by atoms with E-state index in [1.165, 1.54) is 0 Å². The van der Waals surface area contributed by atoms with E-state index in [0.717, 1.165) is 0 Å². The second-order valence-electron chi connectivity index (χ2n) is 2.31. The second-order valence-corrected chi connectivity index (χ2v) is 2.31. The fourth-order valence-electron chi connectivity index (χ4n) is 0.348. The number of halogens is 5. The summed E-state index contributed by atoms with van der Waals surface area (Å²) in [6, 6.07) is 0. The van der Waals surface area contributed by atoms with Gasteiger partial charge in [0.1, 0.15) is 0 Å². The molecule has 0 fully saturated rings. The van der Waals surface area contributed by atoms with E-state index in [2.05, 4.69) is 0 Å². The Kier molecular flexibility index (Phi) is 3.02. The maximum Gasteiger partial charge on any atom is 0.364 e. The van der Waals surface area contributed by atoms with Gasteiger partial charge < -0.3 is 5.11 Å². The molecule has 0 saturated carbocycles. The molecule has 0 bridgehead atoms. The van der Waals surface area contributed by atoms with Crippen LogP contribution >= 0.6 is 0 Å². The predicted molar refractivity (Wildman–Crippen MR) is 32.4 cm³/mol. The smallest absolute Gasteiger partial charge is 0.364 e. The lowest BCUT2D eigenvalue weighted by Crippen LogP contribution is -2.36. The average Bonchev–Trinajstić information content (AvgIpc) is 1.83.